The summed E-state index contributed by atoms with van der Waals surface area (Å²) in [4.78, 5) is 5.03. The van der Waals surface area contributed by atoms with Gasteiger partial charge in [0.2, 0.25) is 0 Å². The van der Waals surface area contributed by atoms with Crippen molar-refractivity contribution in [2.24, 2.45) is 0 Å². The van der Waals surface area contributed by atoms with Gasteiger partial charge in [0.05, 0.1) is 0 Å². The molecule has 1 fully saturated rings. The molecule has 0 unspecified atom stereocenters. The van der Waals surface area contributed by atoms with Gasteiger partial charge in [-0.05, 0) is 23.3 Å². The Morgan fingerprint density at radius 2 is 1.48 bits per heavy atom. The number of piperazine rings is 1. The van der Waals surface area contributed by atoms with E-state index in [1.807, 2.05) is 12.1 Å². The van der Waals surface area contributed by atoms with Crippen molar-refractivity contribution in [1.82, 2.24) is 9.80 Å². The van der Waals surface area contributed by atoms with E-state index in [2.05, 4.69) is 64.4 Å². The van der Waals surface area contributed by atoms with Gasteiger partial charge in [-0.1, -0.05) is 66.2 Å². The zero-order valence-electron chi connectivity index (χ0n) is 13.4. The minimum atomic E-state index is 0.809. The van der Waals surface area contributed by atoms with Gasteiger partial charge in [0.25, 0.3) is 0 Å². The molecule has 23 heavy (non-hydrogen) atoms. The molecule has 2 nitrogen and oxygen atoms in total. The maximum Gasteiger partial charge on any atom is 0.0406 e. The lowest BCUT2D eigenvalue weighted by Gasteiger charge is -2.34. The Kier molecular flexibility index (Phi) is 5.87. The molecular formula is C20H23ClN2. The number of hydrogen-bond acceptors (Lipinski definition) is 2. The molecule has 120 valence electrons. The van der Waals surface area contributed by atoms with E-state index in [0.29, 0.717) is 0 Å². The van der Waals surface area contributed by atoms with E-state index in [9.17, 15) is 0 Å². The maximum atomic E-state index is 5.94. The van der Waals surface area contributed by atoms with E-state index >= 15 is 0 Å². The van der Waals surface area contributed by atoms with Gasteiger partial charge in [-0.15, -0.1) is 0 Å². The van der Waals surface area contributed by atoms with Crippen LogP contribution in [0.4, 0.5) is 0 Å². The van der Waals surface area contributed by atoms with Gasteiger partial charge in [-0.3, -0.25) is 9.80 Å². The van der Waals surface area contributed by atoms with E-state index in [0.717, 1.165) is 44.3 Å². The second-order valence-electron chi connectivity index (χ2n) is 6.02. The highest BCUT2D eigenvalue weighted by Crippen LogP contribution is 2.13. The molecule has 3 heteroatoms. The molecule has 0 aliphatic carbocycles. The van der Waals surface area contributed by atoms with Gasteiger partial charge in [0.1, 0.15) is 0 Å². The highest BCUT2D eigenvalue weighted by atomic mass is 35.5. The topological polar surface area (TPSA) is 6.48 Å². The smallest absolute Gasteiger partial charge is 0.0406 e. The van der Waals surface area contributed by atoms with Crippen LogP contribution in [0.1, 0.15) is 11.1 Å². The van der Waals surface area contributed by atoms with Crippen LogP contribution in [0.3, 0.4) is 0 Å². The third-order valence-electron chi connectivity index (χ3n) is 4.26. The first-order chi connectivity index (χ1) is 11.3. The fraction of sp³-hybridized carbons (Fsp3) is 0.300. The molecule has 0 saturated carbocycles. The molecule has 0 radical (unpaired) electrons. The number of rotatable bonds is 5. The van der Waals surface area contributed by atoms with Crippen molar-refractivity contribution >= 4 is 17.7 Å². The molecule has 1 heterocycles. The predicted molar refractivity (Wildman–Crippen MR) is 98.6 cm³/mol. The lowest BCUT2D eigenvalue weighted by atomic mass is 10.2. The average Bonchev–Trinajstić information content (AvgIpc) is 2.59. The van der Waals surface area contributed by atoms with Crippen molar-refractivity contribution < 1.29 is 0 Å². The molecule has 0 aromatic heterocycles. The van der Waals surface area contributed by atoms with Crippen LogP contribution in [0, 0.1) is 0 Å². The monoisotopic (exact) mass is 326 g/mol. The van der Waals surface area contributed by atoms with Crippen molar-refractivity contribution in [2.45, 2.75) is 6.54 Å². The van der Waals surface area contributed by atoms with E-state index < -0.39 is 0 Å². The van der Waals surface area contributed by atoms with Crippen LogP contribution < -0.4 is 0 Å². The first-order valence-electron chi connectivity index (χ1n) is 8.20. The Labute approximate surface area is 144 Å². The second kappa shape index (κ2) is 8.30. The Bertz CT molecular complexity index is 614. The lowest BCUT2D eigenvalue weighted by molar-refractivity contribution is 0.137. The number of halogens is 1. The van der Waals surface area contributed by atoms with E-state index in [1.54, 1.807) is 0 Å². The largest absolute Gasteiger partial charge is 0.297 e. The van der Waals surface area contributed by atoms with Crippen molar-refractivity contribution in [3.05, 3.63) is 76.8 Å². The molecule has 1 aliphatic rings. The Balaban J connectivity index is 1.41. The molecular weight excluding hydrogens is 304 g/mol. The van der Waals surface area contributed by atoms with Crippen LogP contribution in [0.15, 0.2) is 60.7 Å². The summed E-state index contributed by atoms with van der Waals surface area (Å²) < 4.78 is 0. The summed E-state index contributed by atoms with van der Waals surface area (Å²) in [7, 11) is 0. The number of benzene rings is 2. The SMILES string of the molecule is Clc1ccc(CN2CCN(CC=Cc3ccccc3)CC2)cc1. The Morgan fingerprint density at radius 1 is 0.826 bits per heavy atom. The summed E-state index contributed by atoms with van der Waals surface area (Å²) in [5.41, 5.74) is 2.61. The molecule has 2 aromatic carbocycles. The molecule has 1 saturated heterocycles. The molecule has 3 rings (SSSR count). The first kappa shape index (κ1) is 16.3. The summed E-state index contributed by atoms with van der Waals surface area (Å²) in [6.07, 6.45) is 4.48. The summed E-state index contributed by atoms with van der Waals surface area (Å²) in [5.74, 6) is 0. The Morgan fingerprint density at radius 3 is 2.17 bits per heavy atom. The summed E-state index contributed by atoms with van der Waals surface area (Å²) in [6.45, 7) is 6.57. The first-order valence-corrected chi connectivity index (χ1v) is 8.58. The minimum absolute atomic E-state index is 0.809. The highest BCUT2D eigenvalue weighted by molar-refractivity contribution is 6.30. The van der Waals surface area contributed by atoms with Crippen molar-refractivity contribution in [3.8, 4) is 0 Å². The van der Waals surface area contributed by atoms with Crippen LogP contribution in [0.5, 0.6) is 0 Å². The van der Waals surface area contributed by atoms with E-state index in [4.69, 9.17) is 11.6 Å². The molecule has 2 aromatic rings. The summed E-state index contributed by atoms with van der Waals surface area (Å²) in [5, 5.41) is 0.809. The minimum Gasteiger partial charge on any atom is -0.297 e. The standard InChI is InChI=1S/C20H23ClN2/c21-20-10-8-19(9-11-20)17-23-15-13-22(14-16-23)12-4-7-18-5-2-1-3-6-18/h1-11H,12-17H2. The predicted octanol–water partition coefficient (Wildman–Crippen LogP) is 4.17. The van der Waals surface area contributed by atoms with Gasteiger partial charge in [-0.2, -0.15) is 0 Å². The average molecular weight is 327 g/mol. The van der Waals surface area contributed by atoms with Gasteiger partial charge in [0.15, 0.2) is 0 Å². The second-order valence-corrected chi connectivity index (χ2v) is 6.45. The highest BCUT2D eigenvalue weighted by Gasteiger charge is 2.15. The third-order valence-corrected chi connectivity index (χ3v) is 4.51. The van der Waals surface area contributed by atoms with E-state index in [-0.39, 0.29) is 0 Å². The molecule has 0 N–H and O–H groups in total. The molecule has 0 atom stereocenters. The van der Waals surface area contributed by atoms with Gasteiger partial charge in [0, 0.05) is 44.3 Å². The molecule has 0 amide bonds. The van der Waals surface area contributed by atoms with Crippen LogP contribution in [0.2, 0.25) is 5.02 Å². The molecule has 0 bridgehead atoms. The van der Waals surface area contributed by atoms with Crippen LogP contribution >= 0.6 is 11.6 Å². The van der Waals surface area contributed by atoms with Gasteiger partial charge < -0.3 is 0 Å². The van der Waals surface area contributed by atoms with Gasteiger partial charge >= 0.3 is 0 Å². The van der Waals surface area contributed by atoms with Crippen molar-refractivity contribution in [3.63, 3.8) is 0 Å². The Hall–Kier alpha value is -1.61. The van der Waals surface area contributed by atoms with Crippen molar-refractivity contribution in [2.75, 3.05) is 32.7 Å². The van der Waals surface area contributed by atoms with Crippen LogP contribution in [-0.2, 0) is 6.54 Å². The quantitative estimate of drug-likeness (QED) is 0.813. The van der Waals surface area contributed by atoms with Crippen LogP contribution in [0.25, 0.3) is 6.08 Å². The van der Waals surface area contributed by atoms with Crippen LogP contribution in [-0.4, -0.2) is 42.5 Å². The maximum absolute atomic E-state index is 5.94. The summed E-state index contributed by atoms with van der Waals surface area (Å²) >= 11 is 5.94. The normalized spacial score (nSPS) is 16.9. The zero-order valence-corrected chi connectivity index (χ0v) is 14.1. The molecule has 0 spiro atoms. The zero-order chi connectivity index (χ0) is 15.9. The van der Waals surface area contributed by atoms with E-state index in [1.165, 1.54) is 11.1 Å². The van der Waals surface area contributed by atoms with Gasteiger partial charge in [-0.25, -0.2) is 0 Å². The van der Waals surface area contributed by atoms with Crippen molar-refractivity contribution in [1.29, 1.82) is 0 Å². The fourth-order valence-corrected chi connectivity index (χ4v) is 3.01. The lowest BCUT2D eigenvalue weighted by Crippen LogP contribution is -2.45. The third kappa shape index (κ3) is 5.21. The molecule has 1 aliphatic heterocycles. The fourth-order valence-electron chi connectivity index (χ4n) is 2.88. The summed E-state index contributed by atoms with van der Waals surface area (Å²) in [6, 6.07) is 18.7. The number of hydrogen-bond donors (Lipinski definition) is 0. The number of nitrogens with zero attached hydrogens (tertiary/aromatic N) is 2.